The van der Waals surface area contributed by atoms with Gasteiger partial charge < -0.3 is 15.2 Å². The molecule has 2 aromatic carbocycles. The van der Waals surface area contributed by atoms with Crippen molar-refractivity contribution in [3.8, 4) is 5.75 Å². The third-order valence-corrected chi connectivity index (χ3v) is 5.32. The molecule has 0 saturated carbocycles. The fourth-order valence-corrected chi connectivity index (χ4v) is 3.38. The van der Waals surface area contributed by atoms with Crippen molar-refractivity contribution in [1.82, 2.24) is 15.0 Å². The predicted molar refractivity (Wildman–Crippen MR) is 125 cm³/mol. The predicted octanol–water partition coefficient (Wildman–Crippen LogP) is 5.57. The van der Waals surface area contributed by atoms with Gasteiger partial charge in [-0.25, -0.2) is 14.3 Å². The summed E-state index contributed by atoms with van der Waals surface area (Å²) < 4.78 is 44.8. The minimum absolute atomic E-state index is 0.0138. The van der Waals surface area contributed by atoms with Crippen LogP contribution in [-0.2, 0) is 17.6 Å². The van der Waals surface area contributed by atoms with E-state index in [-0.39, 0.29) is 12.3 Å². The maximum absolute atomic E-state index is 12.6. The number of azo groups is 1. The van der Waals surface area contributed by atoms with Crippen molar-refractivity contribution in [3.05, 3.63) is 66.0 Å². The minimum atomic E-state index is -4.47. The minimum Gasteiger partial charge on any atom is -0.487 e. The van der Waals surface area contributed by atoms with Gasteiger partial charge in [-0.05, 0) is 54.8 Å². The molecule has 0 aliphatic heterocycles. The molecule has 10 nitrogen and oxygen atoms in total. The Bertz CT molecular complexity index is 1220. The number of aromatic nitrogens is 3. The molecular formula is C22H21F3N6O4S. The number of nitrogens with one attached hydrogen (secondary N) is 1. The van der Waals surface area contributed by atoms with Crippen molar-refractivity contribution in [2.75, 3.05) is 17.3 Å². The van der Waals surface area contributed by atoms with Crippen LogP contribution in [-0.4, -0.2) is 44.1 Å². The smallest absolute Gasteiger partial charge is 0.416 e. The summed E-state index contributed by atoms with van der Waals surface area (Å²) in [6, 6.07) is 8.60. The molecule has 1 unspecified atom stereocenters. The largest absolute Gasteiger partial charge is 0.487 e. The monoisotopic (exact) mass is 522 g/mol. The summed E-state index contributed by atoms with van der Waals surface area (Å²) in [4.78, 5) is 23.5. The molecular weight excluding hydrogens is 501 g/mol. The van der Waals surface area contributed by atoms with Gasteiger partial charge in [-0.3, -0.25) is 0 Å². The Morgan fingerprint density at radius 1 is 1.22 bits per heavy atom. The van der Waals surface area contributed by atoms with Gasteiger partial charge in [-0.2, -0.15) is 24.9 Å². The Labute approximate surface area is 207 Å². The van der Waals surface area contributed by atoms with Crippen molar-refractivity contribution >= 4 is 35.1 Å². The lowest BCUT2D eigenvalue weighted by Crippen LogP contribution is -2.20. The lowest BCUT2D eigenvalue weighted by Gasteiger charge is -2.10. The summed E-state index contributed by atoms with van der Waals surface area (Å²) in [5.74, 6) is 0.0463. The number of carboxylic acids is 1. The molecule has 0 aliphatic rings. The highest BCUT2D eigenvalue weighted by Crippen LogP contribution is 2.30. The quantitative estimate of drug-likeness (QED) is 0.333. The molecule has 0 saturated heterocycles. The topological polar surface area (TPSA) is 131 Å². The van der Waals surface area contributed by atoms with Crippen molar-refractivity contribution < 1.29 is 32.6 Å². The first-order valence-electron chi connectivity index (χ1n) is 10.4. The number of nitrogens with zero attached hydrogens (tertiary/aromatic N) is 5. The molecule has 1 heterocycles. The van der Waals surface area contributed by atoms with Crippen LogP contribution in [0.25, 0.3) is 0 Å². The highest BCUT2D eigenvalue weighted by atomic mass is 32.2. The number of aliphatic carboxylic acids is 1. The van der Waals surface area contributed by atoms with Crippen LogP contribution >= 0.6 is 11.8 Å². The Hall–Kier alpha value is -3.94. The van der Waals surface area contributed by atoms with Crippen LogP contribution in [0.1, 0.15) is 23.7 Å². The van der Waals surface area contributed by atoms with E-state index in [0.717, 1.165) is 24.3 Å². The summed E-state index contributed by atoms with van der Waals surface area (Å²) >= 11 is 1.54. The number of hydrogen-bond acceptors (Lipinski definition) is 7. The number of anilines is 1. The first-order chi connectivity index (χ1) is 17.2. The van der Waals surface area contributed by atoms with Gasteiger partial charge in [0.2, 0.25) is 0 Å². The fourth-order valence-electron chi connectivity index (χ4n) is 2.92. The summed E-state index contributed by atoms with van der Waals surface area (Å²) in [5.41, 5.74) is 0.0186. The molecule has 3 rings (SSSR count). The lowest BCUT2D eigenvalue weighted by atomic mass is 10.2. The number of ether oxygens (including phenoxy) is 1. The zero-order valence-corrected chi connectivity index (χ0v) is 19.7. The van der Waals surface area contributed by atoms with Gasteiger partial charge in [-0.1, -0.05) is 16.4 Å². The second kappa shape index (κ2) is 12.2. The maximum atomic E-state index is 12.6. The lowest BCUT2D eigenvalue weighted by molar-refractivity contribution is -0.141. The zero-order valence-electron chi connectivity index (χ0n) is 18.8. The molecule has 2 amide bonds. The van der Waals surface area contributed by atoms with E-state index in [0.29, 0.717) is 29.3 Å². The van der Waals surface area contributed by atoms with Crippen molar-refractivity contribution in [2.24, 2.45) is 10.2 Å². The average Bonchev–Trinajstić information content (AvgIpc) is 3.30. The maximum Gasteiger partial charge on any atom is 0.416 e. The number of halogens is 3. The molecule has 1 aromatic heterocycles. The number of carbonyl (C=O) groups is 2. The van der Waals surface area contributed by atoms with Gasteiger partial charge in [0.15, 0.2) is 6.04 Å². The number of urea groups is 1. The van der Waals surface area contributed by atoms with E-state index in [9.17, 15) is 27.9 Å². The van der Waals surface area contributed by atoms with E-state index >= 15 is 0 Å². The average molecular weight is 523 g/mol. The van der Waals surface area contributed by atoms with Gasteiger partial charge in [0.05, 0.1) is 17.4 Å². The number of rotatable bonds is 10. The van der Waals surface area contributed by atoms with Crippen molar-refractivity contribution in [2.45, 2.75) is 25.2 Å². The van der Waals surface area contributed by atoms with E-state index in [1.807, 2.05) is 6.26 Å². The third-order valence-electron chi connectivity index (χ3n) is 4.68. The Balaban J connectivity index is 1.55. The standard InChI is InChI=1S/C22H21F3N6O4S/c1-36-10-9-19(20(32)33)31-12-17(28-30-31)13-35-18-4-2-3-16(11-18)26-21(34)29-27-15-7-5-14(6-8-15)22(23,24)25/h2-8,11-12,19H,9-10,13H2,1H3,(H,26,34)(H,32,33). The van der Waals surface area contributed by atoms with Crippen LogP contribution in [0.3, 0.4) is 0 Å². The number of carbonyl (C=O) groups excluding carboxylic acids is 1. The van der Waals surface area contributed by atoms with Crippen LogP contribution < -0.4 is 10.1 Å². The SMILES string of the molecule is CSCCC(C(=O)O)n1cc(COc2cccc(NC(=O)N=Nc3ccc(C(F)(F)F)cc3)c2)nn1. The van der Waals surface area contributed by atoms with Gasteiger partial charge in [0.25, 0.3) is 0 Å². The van der Waals surface area contributed by atoms with Crippen LogP contribution in [0.4, 0.5) is 29.3 Å². The zero-order chi connectivity index (χ0) is 26.1. The van der Waals surface area contributed by atoms with Gasteiger partial charge >= 0.3 is 18.2 Å². The first kappa shape index (κ1) is 26.7. The highest BCUT2D eigenvalue weighted by Gasteiger charge is 2.30. The van der Waals surface area contributed by atoms with Crippen LogP contribution in [0.15, 0.2) is 65.0 Å². The Morgan fingerprint density at radius 2 is 1.97 bits per heavy atom. The summed E-state index contributed by atoms with van der Waals surface area (Å²) in [7, 11) is 0. The Kier molecular flexibility index (Phi) is 9.00. The molecule has 2 N–H and O–H groups in total. The highest BCUT2D eigenvalue weighted by molar-refractivity contribution is 7.98. The van der Waals surface area contributed by atoms with Crippen molar-refractivity contribution in [3.63, 3.8) is 0 Å². The van der Waals surface area contributed by atoms with E-state index in [1.54, 1.807) is 18.2 Å². The van der Waals surface area contributed by atoms with E-state index in [4.69, 9.17) is 4.74 Å². The van der Waals surface area contributed by atoms with Crippen molar-refractivity contribution in [1.29, 1.82) is 0 Å². The van der Waals surface area contributed by atoms with E-state index in [2.05, 4.69) is 25.9 Å². The fraction of sp³-hybridized carbons (Fsp3) is 0.273. The summed E-state index contributed by atoms with van der Waals surface area (Å²) in [6.45, 7) is 0.0138. The molecule has 0 radical (unpaired) electrons. The van der Waals surface area contributed by atoms with Crippen LogP contribution in [0, 0.1) is 0 Å². The number of carboxylic acid groups (broad SMARTS) is 1. The van der Waals surface area contributed by atoms with Crippen LogP contribution in [0.5, 0.6) is 5.75 Å². The second-order valence-corrected chi connectivity index (χ2v) is 8.30. The Morgan fingerprint density at radius 3 is 2.64 bits per heavy atom. The molecule has 36 heavy (non-hydrogen) atoms. The number of hydrogen-bond donors (Lipinski definition) is 2. The van der Waals surface area contributed by atoms with E-state index < -0.39 is 29.8 Å². The molecule has 14 heteroatoms. The second-order valence-electron chi connectivity index (χ2n) is 7.32. The molecule has 3 aromatic rings. The van der Waals surface area contributed by atoms with Gasteiger partial charge in [0.1, 0.15) is 18.1 Å². The van der Waals surface area contributed by atoms with Crippen LogP contribution in [0.2, 0.25) is 0 Å². The molecule has 1 atom stereocenters. The molecule has 0 spiro atoms. The number of thioether (sulfide) groups is 1. The molecule has 0 aliphatic carbocycles. The number of alkyl halides is 3. The molecule has 190 valence electrons. The summed E-state index contributed by atoms with van der Waals surface area (Å²) in [5, 5.41) is 26.8. The summed E-state index contributed by atoms with van der Waals surface area (Å²) in [6.07, 6.45) is -0.672. The van der Waals surface area contributed by atoms with Gasteiger partial charge in [-0.15, -0.1) is 10.2 Å². The number of benzene rings is 2. The normalized spacial score (nSPS) is 12.4. The number of amides is 2. The first-order valence-corrected chi connectivity index (χ1v) is 11.8. The molecule has 0 fully saturated rings. The molecule has 0 bridgehead atoms. The third kappa shape index (κ3) is 7.80. The van der Waals surface area contributed by atoms with Gasteiger partial charge in [0, 0.05) is 11.8 Å². The van der Waals surface area contributed by atoms with E-state index in [1.165, 1.54) is 28.7 Å².